The van der Waals surface area contributed by atoms with Gasteiger partial charge in [-0.25, -0.2) is 34.0 Å². The summed E-state index contributed by atoms with van der Waals surface area (Å²) in [6.07, 6.45) is 0. The number of aryl methyl sites for hydroxylation is 6. The van der Waals surface area contributed by atoms with Gasteiger partial charge >= 0.3 is 67.1 Å². The Morgan fingerprint density at radius 2 is 1.00 bits per heavy atom. The molecule has 0 atom stereocenters. The average molecular weight is 761 g/mol. The molecular weight excluding hydrogens is 729 g/mol. The molecule has 0 bridgehead atoms. The van der Waals surface area contributed by atoms with Gasteiger partial charge in [0.15, 0.2) is 11.4 Å². The van der Waals surface area contributed by atoms with Gasteiger partial charge in [-0.1, -0.05) is 66.9 Å². The van der Waals surface area contributed by atoms with Gasteiger partial charge in [0, 0.05) is 0 Å². The first kappa shape index (κ1) is 55.3. The first-order chi connectivity index (χ1) is 20.7. The van der Waals surface area contributed by atoms with Gasteiger partial charge in [-0.2, -0.15) is 35.4 Å². The smallest absolute Gasteiger partial charge is 0.577 e. The Morgan fingerprint density at radius 1 is 0.638 bits per heavy atom. The monoisotopic (exact) mass is 761 g/mol. The molecule has 0 fully saturated rings. The topological polar surface area (TPSA) is 111 Å². The number of nitrogens with zero attached hydrogens (tertiary/aromatic N) is 5. The zero-order valence-corrected chi connectivity index (χ0v) is 29.4. The van der Waals surface area contributed by atoms with Crippen LogP contribution >= 0.6 is 7.81 Å². The SMILES string of the molecule is Cc1ccc[cH-]1.Cc1ccc[cH-]1.F[P-](F)(F)(F)(F)F.[C-]#N.[C-]#[N+]c1cc(C)cc(C)c1.[C-]#[N+]c1ccc(C)cc1C.[Mn+2].[Mn+3].[N-]=O.[N-]=O. The summed E-state index contributed by atoms with van der Waals surface area (Å²) in [5, 5.41) is 6.25. The molecule has 16 heteroatoms. The van der Waals surface area contributed by atoms with Gasteiger partial charge in [-0.05, 0) is 33.3 Å². The van der Waals surface area contributed by atoms with Gasteiger partial charge in [-0.3, -0.25) is 0 Å². The van der Waals surface area contributed by atoms with Crippen molar-refractivity contribution in [1.29, 1.82) is 5.26 Å². The number of hydrogen-bond donors (Lipinski definition) is 0. The molecule has 4 rings (SSSR count). The Balaban J connectivity index is -0.000000108. The van der Waals surface area contributed by atoms with Crippen molar-refractivity contribution in [1.82, 2.24) is 0 Å². The Kier molecular flexibility index (Phi) is 31.8. The summed E-state index contributed by atoms with van der Waals surface area (Å²) in [6.45, 7) is 30.4. The molecule has 0 aromatic heterocycles. The van der Waals surface area contributed by atoms with E-state index in [4.69, 9.17) is 46.0 Å². The molecule has 47 heavy (non-hydrogen) atoms. The third kappa shape index (κ3) is 44.0. The maximum Gasteiger partial charge on any atom is 3.00 e. The van der Waals surface area contributed by atoms with Gasteiger partial charge in [0.25, 0.3) is 0 Å². The fourth-order valence-corrected chi connectivity index (χ4v) is 2.89. The molecule has 0 heterocycles. The van der Waals surface area contributed by atoms with Crippen LogP contribution in [-0.2, 0) is 34.1 Å². The van der Waals surface area contributed by atoms with Crippen molar-refractivity contribution in [3.8, 4) is 0 Å². The third-order valence-electron chi connectivity index (χ3n) is 4.47. The Labute approximate surface area is 293 Å². The van der Waals surface area contributed by atoms with Crippen molar-refractivity contribution in [2.24, 2.45) is 0 Å². The van der Waals surface area contributed by atoms with Gasteiger partial charge in [0.05, 0.1) is 13.1 Å². The van der Waals surface area contributed by atoms with E-state index in [1.165, 1.54) is 16.7 Å². The molecule has 0 amide bonds. The quantitative estimate of drug-likeness (QED) is 0.0769. The predicted molar refractivity (Wildman–Crippen MR) is 170 cm³/mol. The van der Waals surface area contributed by atoms with Gasteiger partial charge < -0.3 is 32.8 Å². The summed E-state index contributed by atoms with van der Waals surface area (Å²) in [5.41, 5.74) is 20.3. The van der Waals surface area contributed by atoms with Crippen LogP contribution in [0.4, 0.5) is 36.6 Å². The maximum atomic E-state index is 9.87. The second kappa shape index (κ2) is 27.0. The molecule has 0 unspecified atom stereocenters. The molecule has 0 saturated carbocycles. The van der Waals surface area contributed by atoms with Crippen molar-refractivity contribution < 1.29 is 59.3 Å². The van der Waals surface area contributed by atoms with Crippen molar-refractivity contribution in [3.05, 3.63) is 169 Å². The van der Waals surface area contributed by atoms with Crippen LogP contribution in [0.1, 0.15) is 33.4 Å². The van der Waals surface area contributed by atoms with E-state index in [1.807, 2.05) is 82.3 Å². The molecule has 0 N–H and O–H groups in total. The number of benzene rings is 2. The van der Waals surface area contributed by atoms with Crippen LogP contribution in [-0.4, -0.2) is 0 Å². The van der Waals surface area contributed by atoms with Gasteiger partial charge in [0.2, 0.25) is 0 Å². The van der Waals surface area contributed by atoms with Gasteiger partial charge in [-0.15, -0.1) is 0 Å². The molecule has 0 spiro atoms. The second-order valence-electron chi connectivity index (χ2n) is 8.74. The molecule has 0 saturated heterocycles. The van der Waals surface area contributed by atoms with E-state index in [2.05, 4.69) is 53.9 Å². The van der Waals surface area contributed by atoms with Crippen LogP contribution in [0.5, 0.6) is 0 Å². The fraction of sp³-hybridized carbons (Fsp3) is 0.194. The third-order valence-corrected chi connectivity index (χ3v) is 4.47. The van der Waals surface area contributed by atoms with E-state index < -0.39 is 7.81 Å². The Hall–Kier alpha value is -4.14. The van der Waals surface area contributed by atoms with Crippen molar-refractivity contribution in [2.45, 2.75) is 41.5 Å². The summed E-state index contributed by atoms with van der Waals surface area (Å²) in [4.78, 5) is 21.2. The number of hydrogen-bond acceptors (Lipinski definition) is 3. The average Bonchev–Trinajstić information content (AvgIpc) is 3.64. The minimum absolute atomic E-state index is 0. The number of halogens is 6. The minimum Gasteiger partial charge on any atom is -0.577 e. The van der Waals surface area contributed by atoms with Crippen molar-refractivity contribution in [3.63, 3.8) is 0 Å². The van der Waals surface area contributed by atoms with Crippen molar-refractivity contribution in [2.75, 3.05) is 0 Å². The molecule has 255 valence electrons. The molecule has 1 radical (unpaired) electrons. The van der Waals surface area contributed by atoms with Crippen LogP contribution in [0, 0.1) is 76.3 Å². The first-order valence-electron chi connectivity index (χ1n) is 12.1. The fourth-order valence-electron chi connectivity index (χ4n) is 2.89. The van der Waals surface area contributed by atoms with Crippen molar-refractivity contribution >= 4 is 19.2 Å². The van der Waals surface area contributed by atoms with Crippen LogP contribution in [0.15, 0.2) is 84.9 Å². The second-order valence-corrected chi connectivity index (χ2v) is 10.7. The minimum atomic E-state index is -10.7. The summed E-state index contributed by atoms with van der Waals surface area (Å²) >= 11 is 0. The van der Waals surface area contributed by atoms with E-state index in [0.29, 0.717) is 0 Å². The Bertz CT molecular complexity index is 1410. The van der Waals surface area contributed by atoms with E-state index >= 15 is 0 Å². The molecule has 4 aromatic rings. The van der Waals surface area contributed by atoms with E-state index in [0.717, 1.165) is 28.1 Å². The zero-order chi connectivity index (χ0) is 36.3. The summed E-state index contributed by atoms with van der Waals surface area (Å²) < 4.78 is 59.2. The Morgan fingerprint density at radius 3 is 1.21 bits per heavy atom. The standard InChI is InChI=1S/2C9H9N.2C6H7.CN.F6P.2Mn.2NO/c1-7-4-8(2)6-9(5-7)10-3;1-7-4-5-9(10-3)8(2)6-7;2*1-6-4-2-3-5-6;1-2;1-7(2,3,4,5)6;;;2*1-2/h2*4-6H,1-2H3;2*2-5H,1H3;;;;;;/q;;4*-1;+2;+3;2*-1. The van der Waals surface area contributed by atoms with Crippen LogP contribution in [0.3, 0.4) is 0 Å². The molecule has 7 nitrogen and oxygen atoms in total. The van der Waals surface area contributed by atoms with E-state index in [9.17, 15) is 25.2 Å². The van der Waals surface area contributed by atoms with E-state index in [1.54, 1.807) is 0 Å². The molecular formula is C31H32F6Mn2N5O2P-. The molecule has 0 aliphatic carbocycles. The van der Waals surface area contributed by atoms with Crippen LogP contribution < -0.4 is 0 Å². The molecule has 0 aliphatic heterocycles. The zero-order valence-electron chi connectivity index (χ0n) is 26.1. The normalized spacial score (nSPS) is 9.70. The summed E-state index contributed by atoms with van der Waals surface area (Å²) in [6, 6.07) is 28.2. The van der Waals surface area contributed by atoms with Crippen LogP contribution in [0.2, 0.25) is 0 Å². The largest absolute Gasteiger partial charge is 3.00 e. The first-order valence-corrected chi connectivity index (χ1v) is 14.2. The predicted octanol–water partition coefficient (Wildman–Crippen LogP) is 13.3. The molecule has 0 aliphatic rings. The van der Waals surface area contributed by atoms with Crippen LogP contribution in [0.25, 0.3) is 20.9 Å². The summed E-state index contributed by atoms with van der Waals surface area (Å²) in [5.74, 6) is 0. The van der Waals surface area contributed by atoms with E-state index in [-0.39, 0.29) is 34.1 Å². The number of rotatable bonds is 0. The maximum absolute atomic E-state index is 10.7. The summed E-state index contributed by atoms with van der Waals surface area (Å²) in [7, 11) is -10.7. The number of nitroso groups, excluding NO2 is 2. The molecule has 4 aromatic carbocycles. The van der Waals surface area contributed by atoms with Gasteiger partial charge in [0.1, 0.15) is 0 Å².